The Hall–Kier alpha value is -4.39. The van der Waals surface area contributed by atoms with E-state index in [1.165, 1.54) is 0 Å². The Kier molecular flexibility index (Phi) is 5.14. The van der Waals surface area contributed by atoms with Crippen LogP contribution in [0.25, 0.3) is 22.0 Å². The van der Waals surface area contributed by atoms with Crippen LogP contribution in [0.5, 0.6) is 0 Å². The summed E-state index contributed by atoms with van der Waals surface area (Å²) in [4.78, 5) is 18.0. The van der Waals surface area contributed by atoms with Crippen molar-refractivity contribution >= 4 is 34.0 Å². The molecule has 0 aliphatic rings. The summed E-state index contributed by atoms with van der Waals surface area (Å²) < 4.78 is 3.64. The Labute approximate surface area is 191 Å². The fourth-order valence-electron chi connectivity index (χ4n) is 3.92. The SMILES string of the molecule is Cc1ccccc1Nc1ncc(-c2cnn(C)c2)cc1NC(=O)c1cc2ccccc2n1C. The normalized spacial score (nSPS) is 11.0. The van der Waals surface area contributed by atoms with Crippen LogP contribution in [0.2, 0.25) is 0 Å². The molecule has 0 aliphatic carbocycles. The molecule has 7 heteroatoms. The van der Waals surface area contributed by atoms with E-state index in [-0.39, 0.29) is 5.91 Å². The van der Waals surface area contributed by atoms with Crippen molar-refractivity contribution in [2.75, 3.05) is 10.6 Å². The van der Waals surface area contributed by atoms with Gasteiger partial charge >= 0.3 is 0 Å². The number of benzene rings is 2. The van der Waals surface area contributed by atoms with Crippen LogP contribution in [0.15, 0.2) is 79.3 Å². The highest BCUT2D eigenvalue weighted by Crippen LogP contribution is 2.30. The number of carbonyl (C=O) groups excluding carboxylic acids is 1. The number of hydrogen-bond donors (Lipinski definition) is 2. The summed E-state index contributed by atoms with van der Waals surface area (Å²) >= 11 is 0. The number of hydrogen-bond acceptors (Lipinski definition) is 4. The van der Waals surface area contributed by atoms with Gasteiger partial charge in [0.2, 0.25) is 0 Å². The van der Waals surface area contributed by atoms with Crippen LogP contribution < -0.4 is 10.6 Å². The Morgan fingerprint density at radius 2 is 1.70 bits per heavy atom. The molecule has 164 valence electrons. The van der Waals surface area contributed by atoms with Crippen LogP contribution in [-0.2, 0) is 14.1 Å². The highest BCUT2D eigenvalue weighted by atomic mass is 16.2. The van der Waals surface area contributed by atoms with E-state index in [4.69, 9.17) is 0 Å². The lowest BCUT2D eigenvalue weighted by Gasteiger charge is -2.15. The number of para-hydroxylation sites is 2. The molecule has 5 aromatic rings. The zero-order valence-electron chi connectivity index (χ0n) is 18.7. The average molecular weight is 437 g/mol. The maximum Gasteiger partial charge on any atom is 0.272 e. The van der Waals surface area contributed by atoms with Crippen molar-refractivity contribution in [1.82, 2.24) is 19.3 Å². The van der Waals surface area contributed by atoms with Crippen LogP contribution in [0.1, 0.15) is 16.1 Å². The monoisotopic (exact) mass is 436 g/mol. The van der Waals surface area contributed by atoms with Gasteiger partial charge in [-0.15, -0.1) is 0 Å². The van der Waals surface area contributed by atoms with Crippen molar-refractivity contribution in [3.8, 4) is 11.1 Å². The van der Waals surface area contributed by atoms with Crippen molar-refractivity contribution in [3.05, 3.63) is 90.5 Å². The summed E-state index contributed by atoms with van der Waals surface area (Å²) in [6.07, 6.45) is 5.48. The number of aryl methyl sites for hydroxylation is 3. The summed E-state index contributed by atoms with van der Waals surface area (Å²) in [6.45, 7) is 2.03. The maximum absolute atomic E-state index is 13.3. The second-order valence-electron chi connectivity index (χ2n) is 8.06. The first-order chi connectivity index (χ1) is 16.0. The van der Waals surface area contributed by atoms with E-state index in [9.17, 15) is 4.79 Å². The van der Waals surface area contributed by atoms with E-state index in [0.717, 1.165) is 33.3 Å². The first-order valence-electron chi connectivity index (χ1n) is 10.7. The van der Waals surface area contributed by atoms with E-state index in [0.29, 0.717) is 17.2 Å². The predicted octanol–water partition coefficient (Wildman–Crippen LogP) is 5.28. The van der Waals surface area contributed by atoms with Gasteiger partial charge in [-0.25, -0.2) is 4.98 Å². The molecule has 0 saturated carbocycles. The number of rotatable bonds is 5. The van der Waals surface area contributed by atoms with Gasteiger partial charge in [-0.05, 0) is 36.8 Å². The van der Waals surface area contributed by atoms with Crippen molar-refractivity contribution in [3.63, 3.8) is 0 Å². The van der Waals surface area contributed by atoms with Gasteiger partial charge in [0.25, 0.3) is 5.91 Å². The first-order valence-corrected chi connectivity index (χ1v) is 10.7. The predicted molar refractivity (Wildman–Crippen MR) is 132 cm³/mol. The third-order valence-corrected chi connectivity index (χ3v) is 5.76. The largest absolute Gasteiger partial charge is 0.340 e. The lowest BCUT2D eigenvalue weighted by atomic mass is 10.1. The molecule has 1 amide bonds. The van der Waals surface area contributed by atoms with Crippen molar-refractivity contribution in [1.29, 1.82) is 0 Å². The van der Waals surface area contributed by atoms with Crippen molar-refractivity contribution < 1.29 is 4.79 Å². The molecule has 3 heterocycles. The molecule has 0 unspecified atom stereocenters. The number of anilines is 3. The lowest BCUT2D eigenvalue weighted by molar-refractivity contribution is 0.102. The molecule has 0 atom stereocenters. The molecule has 33 heavy (non-hydrogen) atoms. The zero-order chi connectivity index (χ0) is 22.9. The molecule has 3 aromatic heterocycles. The quantitative estimate of drug-likeness (QED) is 0.393. The van der Waals surface area contributed by atoms with Gasteiger partial charge in [-0.2, -0.15) is 5.10 Å². The van der Waals surface area contributed by atoms with E-state index in [2.05, 4.69) is 20.7 Å². The van der Waals surface area contributed by atoms with E-state index in [1.807, 2.05) is 92.4 Å². The molecule has 7 nitrogen and oxygen atoms in total. The molecular formula is C26H24N6O. The van der Waals surface area contributed by atoms with Crippen LogP contribution in [0.3, 0.4) is 0 Å². The second-order valence-corrected chi connectivity index (χ2v) is 8.06. The Morgan fingerprint density at radius 1 is 0.909 bits per heavy atom. The number of aromatic nitrogens is 4. The van der Waals surface area contributed by atoms with Crippen LogP contribution in [0.4, 0.5) is 17.2 Å². The summed E-state index contributed by atoms with van der Waals surface area (Å²) in [5.41, 5.74) is 5.97. The number of fused-ring (bicyclic) bond motifs is 1. The minimum atomic E-state index is -0.202. The summed E-state index contributed by atoms with van der Waals surface area (Å²) in [5, 5.41) is 11.7. The summed E-state index contributed by atoms with van der Waals surface area (Å²) in [6, 6.07) is 19.7. The average Bonchev–Trinajstić information content (AvgIpc) is 3.40. The molecule has 2 aromatic carbocycles. The molecule has 0 aliphatic heterocycles. The smallest absolute Gasteiger partial charge is 0.272 e. The molecule has 0 radical (unpaired) electrons. The number of amides is 1. The minimum Gasteiger partial charge on any atom is -0.340 e. The van der Waals surface area contributed by atoms with Crippen molar-refractivity contribution in [2.24, 2.45) is 14.1 Å². The van der Waals surface area contributed by atoms with Crippen molar-refractivity contribution in [2.45, 2.75) is 6.92 Å². The topological polar surface area (TPSA) is 76.8 Å². The summed E-state index contributed by atoms with van der Waals surface area (Å²) in [5.74, 6) is 0.371. The Bertz CT molecular complexity index is 1480. The number of nitrogens with one attached hydrogen (secondary N) is 2. The Balaban J connectivity index is 1.54. The van der Waals surface area contributed by atoms with Gasteiger partial charge in [0, 0.05) is 54.2 Å². The molecule has 0 bridgehead atoms. The summed E-state index contributed by atoms with van der Waals surface area (Å²) in [7, 11) is 3.77. The van der Waals surface area contributed by atoms with E-state index >= 15 is 0 Å². The highest BCUT2D eigenvalue weighted by Gasteiger charge is 2.17. The fourth-order valence-corrected chi connectivity index (χ4v) is 3.92. The molecule has 0 fully saturated rings. The Morgan fingerprint density at radius 3 is 2.45 bits per heavy atom. The van der Waals surface area contributed by atoms with Crippen LogP contribution in [0, 0.1) is 6.92 Å². The number of nitrogens with zero attached hydrogens (tertiary/aromatic N) is 4. The molecule has 5 rings (SSSR count). The van der Waals surface area contributed by atoms with Gasteiger partial charge < -0.3 is 15.2 Å². The van der Waals surface area contributed by atoms with Gasteiger partial charge in [0.15, 0.2) is 5.82 Å². The molecule has 0 saturated heterocycles. The third-order valence-electron chi connectivity index (χ3n) is 5.76. The molecule has 0 spiro atoms. The third kappa shape index (κ3) is 3.96. The van der Waals surface area contributed by atoms with Gasteiger partial charge in [-0.1, -0.05) is 36.4 Å². The van der Waals surface area contributed by atoms with Gasteiger partial charge in [0.1, 0.15) is 5.69 Å². The molecule has 2 N–H and O–H groups in total. The van der Waals surface area contributed by atoms with E-state index < -0.39 is 0 Å². The fraction of sp³-hybridized carbons (Fsp3) is 0.115. The number of pyridine rings is 1. The maximum atomic E-state index is 13.3. The molecular weight excluding hydrogens is 412 g/mol. The first kappa shape index (κ1) is 20.5. The zero-order valence-corrected chi connectivity index (χ0v) is 18.7. The van der Waals surface area contributed by atoms with Gasteiger partial charge in [0.05, 0.1) is 11.9 Å². The van der Waals surface area contributed by atoms with Gasteiger partial charge in [-0.3, -0.25) is 9.48 Å². The number of carbonyl (C=O) groups is 1. The second kappa shape index (κ2) is 8.27. The van der Waals surface area contributed by atoms with Crippen LogP contribution in [-0.4, -0.2) is 25.2 Å². The minimum absolute atomic E-state index is 0.202. The standard InChI is InChI=1S/C26H24N6O/c1-17-8-4-6-10-21(17)29-25-22(12-19(14-27-25)20-15-28-31(2)16-20)30-26(33)24-13-18-9-5-7-11-23(18)32(24)3/h4-16H,1-3H3,(H,27,29)(H,30,33). The lowest BCUT2D eigenvalue weighted by Crippen LogP contribution is -2.17. The van der Waals surface area contributed by atoms with Crippen LogP contribution >= 0.6 is 0 Å². The highest BCUT2D eigenvalue weighted by molar-refractivity contribution is 6.08. The van der Waals surface area contributed by atoms with E-state index in [1.54, 1.807) is 17.1 Å².